The molecule has 0 aliphatic heterocycles. The molecule has 2 N–H and O–H groups in total. The molecule has 0 spiro atoms. The Hall–Kier alpha value is -1.00. The third kappa shape index (κ3) is 3.57. The average molecular weight is 215 g/mol. The predicted molar refractivity (Wildman–Crippen MR) is 54.5 cm³/mol. The van der Waals surface area contributed by atoms with E-state index in [2.05, 4.69) is 5.32 Å². The molecule has 15 heavy (non-hydrogen) atoms. The molecule has 0 amide bonds. The summed E-state index contributed by atoms with van der Waals surface area (Å²) in [5.41, 5.74) is 0.400. The summed E-state index contributed by atoms with van der Waals surface area (Å²) in [4.78, 5) is 0. The van der Waals surface area contributed by atoms with Gasteiger partial charge in [0, 0.05) is 24.2 Å². The van der Waals surface area contributed by atoms with Crippen LogP contribution in [-0.4, -0.2) is 17.8 Å². The highest BCUT2D eigenvalue weighted by molar-refractivity contribution is 5.21. The van der Waals surface area contributed by atoms with E-state index in [9.17, 15) is 8.78 Å². The molecule has 0 saturated carbocycles. The Bertz CT molecular complexity index is 328. The first-order valence-electron chi connectivity index (χ1n) is 4.87. The number of benzene rings is 1. The third-order valence-corrected chi connectivity index (χ3v) is 2.15. The van der Waals surface area contributed by atoms with Crippen LogP contribution >= 0.6 is 0 Å². The van der Waals surface area contributed by atoms with Crippen LogP contribution in [0, 0.1) is 11.6 Å². The molecule has 0 aromatic heterocycles. The highest BCUT2D eigenvalue weighted by Gasteiger charge is 2.11. The zero-order valence-electron chi connectivity index (χ0n) is 8.80. The number of aliphatic hydroxyl groups is 1. The molecule has 0 bridgehead atoms. The first-order valence-corrected chi connectivity index (χ1v) is 4.87. The van der Waals surface area contributed by atoms with Crippen molar-refractivity contribution in [3.63, 3.8) is 0 Å². The summed E-state index contributed by atoms with van der Waals surface area (Å²) in [7, 11) is 0. The zero-order chi connectivity index (χ0) is 11.4. The first kappa shape index (κ1) is 12.1. The van der Waals surface area contributed by atoms with E-state index >= 15 is 0 Å². The lowest BCUT2D eigenvalue weighted by Crippen LogP contribution is -2.27. The van der Waals surface area contributed by atoms with Gasteiger partial charge in [0.2, 0.25) is 0 Å². The molecule has 1 aromatic carbocycles. The van der Waals surface area contributed by atoms with Gasteiger partial charge in [0.15, 0.2) is 0 Å². The topological polar surface area (TPSA) is 32.3 Å². The van der Waals surface area contributed by atoms with Crippen molar-refractivity contribution >= 4 is 0 Å². The molecule has 0 aliphatic carbocycles. The van der Waals surface area contributed by atoms with Gasteiger partial charge in [-0.2, -0.15) is 0 Å². The Morgan fingerprint density at radius 2 is 2.00 bits per heavy atom. The van der Waals surface area contributed by atoms with Crippen molar-refractivity contribution in [2.75, 3.05) is 6.54 Å². The number of rotatable bonds is 4. The van der Waals surface area contributed by atoms with Gasteiger partial charge in [-0.05, 0) is 19.9 Å². The van der Waals surface area contributed by atoms with Crippen molar-refractivity contribution in [3.8, 4) is 0 Å². The Morgan fingerprint density at radius 1 is 1.33 bits per heavy atom. The van der Waals surface area contributed by atoms with Crippen molar-refractivity contribution in [3.05, 3.63) is 35.4 Å². The predicted octanol–water partition coefficient (Wildman–Crippen LogP) is 2.00. The summed E-state index contributed by atoms with van der Waals surface area (Å²) in [6.45, 7) is 3.78. The lowest BCUT2D eigenvalue weighted by molar-refractivity contribution is 0.187. The molecule has 0 heterocycles. The van der Waals surface area contributed by atoms with E-state index in [-0.39, 0.29) is 6.04 Å². The van der Waals surface area contributed by atoms with E-state index < -0.39 is 17.7 Å². The zero-order valence-corrected chi connectivity index (χ0v) is 8.80. The molecule has 2 nitrogen and oxygen atoms in total. The second-order valence-electron chi connectivity index (χ2n) is 3.64. The average Bonchev–Trinajstić information content (AvgIpc) is 2.14. The van der Waals surface area contributed by atoms with Gasteiger partial charge in [0.1, 0.15) is 11.6 Å². The van der Waals surface area contributed by atoms with Gasteiger partial charge in [0.25, 0.3) is 0 Å². The van der Waals surface area contributed by atoms with Crippen LogP contribution < -0.4 is 5.32 Å². The van der Waals surface area contributed by atoms with Crippen molar-refractivity contribution < 1.29 is 13.9 Å². The Kier molecular flexibility index (Phi) is 4.17. The van der Waals surface area contributed by atoms with E-state index in [4.69, 9.17) is 5.11 Å². The highest BCUT2D eigenvalue weighted by atomic mass is 19.1. The van der Waals surface area contributed by atoms with Crippen molar-refractivity contribution in [2.24, 2.45) is 0 Å². The molecule has 1 aromatic rings. The quantitative estimate of drug-likeness (QED) is 0.805. The van der Waals surface area contributed by atoms with Crippen LogP contribution in [0.15, 0.2) is 18.2 Å². The van der Waals surface area contributed by atoms with Crippen LogP contribution in [0.1, 0.15) is 25.5 Å². The van der Waals surface area contributed by atoms with E-state index in [1.54, 1.807) is 13.8 Å². The van der Waals surface area contributed by atoms with Gasteiger partial charge in [-0.25, -0.2) is 8.78 Å². The summed E-state index contributed by atoms with van der Waals surface area (Å²) in [5, 5.41) is 12.0. The molecule has 2 atom stereocenters. The first-order chi connectivity index (χ1) is 7.00. The fourth-order valence-corrected chi connectivity index (χ4v) is 1.31. The van der Waals surface area contributed by atoms with Crippen LogP contribution in [0.4, 0.5) is 8.78 Å². The van der Waals surface area contributed by atoms with E-state index in [0.717, 1.165) is 6.07 Å². The largest absolute Gasteiger partial charge is 0.392 e. The van der Waals surface area contributed by atoms with Gasteiger partial charge < -0.3 is 10.4 Å². The van der Waals surface area contributed by atoms with E-state index in [1.807, 2.05) is 0 Å². The third-order valence-electron chi connectivity index (χ3n) is 2.15. The lowest BCUT2D eigenvalue weighted by atomic mass is 10.1. The molecule has 4 heteroatoms. The van der Waals surface area contributed by atoms with Crippen LogP contribution in [0.5, 0.6) is 0 Å². The Labute approximate surface area is 87.9 Å². The molecule has 0 saturated heterocycles. The molecular weight excluding hydrogens is 200 g/mol. The Morgan fingerprint density at radius 3 is 2.53 bits per heavy atom. The second kappa shape index (κ2) is 5.19. The fraction of sp³-hybridized carbons (Fsp3) is 0.455. The summed E-state index contributed by atoms with van der Waals surface area (Å²) in [6.07, 6.45) is -0.490. The van der Waals surface area contributed by atoms with Gasteiger partial charge in [-0.1, -0.05) is 6.07 Å². The fourth-order valence-electron chi connectivity index (χ4n) is 1.31. The summed E-state index contributed by atoms with van der Waals surface area (Å²) < 4.78 is 25.9. The van der Waals surface area contributed by atoms with Crippen LogP contribution in [0.25, 0.3) is 0 Å². The molecule has 0 fully saturated rings. The number of halogens is 2. The molecule has 0 aliphatic rings. The molecule has 2 unspecified atom stereocenters. The van der Waals surface area contributed by atoms with Crippen LogP contribution in [-0.2, 0) is 0 Å². The maximum atomic E-state index is 13.3. The lowest BCUT2D eigenvalue weighted by Gasteiger charge is -2.16. The van der Waals surface area contributed by atoms with E-state index in [0.29, 0.717) is 12.1 Å². The van der Waals surface area contributed by atoms with Crippen molar-refractivity contribution in [1.82, 2.24) is 5.32 Å². The molecule has 1 rings (SSSR count). The summed E-state index contributed by atoms with van der Waals surface area (Å²) >= 11 is 0. The maximum absolute atomic E-state index is 13.3. The van der Waals surface area contributed by atoms with Gasteiger partial charge >= 0.3 is 0 Å². The van der Waals surface area contributed by atoms with Crippen LogP contribution in [0.2, 0.25) is 0 Å². The van der Waals surface area contributed by atoms with Gasteiger partial charge in [0.05, 0.1) is 6.10 Å². The highest BCUT2D eigenvalue weighted by Crippen LogP contribution is 2.17. The van der Waals surface area contributed by atoms with Crippen molar-refractivity contribution in [2.45, 2.75) is 26.0 Å². The van der Waals surface area contributed by atoms with Gasteiger partial charge in [-0.3, -0.25) is 0 Å². The number of hydrogen-bond donors (Lipinski definition) is 2. The smallest absolute Gasteiger partial charge is 0.130 e. The minimum absolute atomic E-state index is 0.250. The maximum Gasteiger partial charge on any atom is 0.130 e. The van der Waals surface area contributed by atoms with Crippen LogP contribution in [0.3, 0.4) is 0 Å². The minimum Gasteiger partial charge on any atom is -0.392 e. The normalized spacial score (nSPS) is 15.0. The molecule has 84 valence electrons. The second-order valence-corrected chi connectivity index (χ2v) is 3.64. The summed E-state index contributed by atoms with van der Waals surface area (Å²) in [6, 6.07) is 3.24. The molecular formula is C11H15F2NO. The van der Waals surface area contributed by atoms with Crippen molar-refractivity contribution in [1.29, 1.82) is 0 Å². The number of aliphatic hydroxyl groups excluding tert-OH is 1. The number of nitrogens with one attached hydrogen (secondary N) is 1. The number of hydrogen-bond acceptors (Lipinski definition) is 2. The SMILES string of the molecule is CC(O)CNC(C)c1ccc(F)cc1F. The Balaban J connectivity index is 2.69. The minimum atomic E-state index is -0.584. The monoisotopic (exact) mass is 215 g/mol. The standard InChI is InChI=1S/C11H15F2NO/c1-7(15)6-14-8(2)10-4-3-9(12)5-11(10)13/h3-5,7-8,14-15H,6H2,1-2H3. The molecule has 0 radical (unpaired) electrons. The van der Waals surface area contributed by atoms with E-state index in [1.165, 1.54) is 12.1 Å². The van der Waals surface area contributed by atoms with Gasteiger partial charge in [-0.15, -0.1) is 0 Å². The summed E-state index contributed by atoms with van der Waals surface area (Å²) in [5.74, 6) is -1.15.